The van der Waals surface area contributed by atoms with E-state index in [1.807, 2.05) is 211 Å². The van der Waals surface area contributed by atoms with Crippen molar-refractivity contribution in [2.24, 2.45) is 21.8 Å². The predicted octanol–water partition coefficient (Wildman–Crippen LogP) is 20.9. The number of carbonyl (C=O) groups excluding carboxylic acids is 3. The SMILES string of the molecule is CC(C)Oc1ccc(-c2nc(-c3cccc4c3CCC4=O)no2)cc1C#N.CC(C)Oc1ccc(C(=O)O)cc1C#N.CCOC1=CCc2c(C#N)cccc21.CCOC1=CCc2c1cccc2-c1noc(-c2ccc(OC(C)C)c(C#N)c2)n1.CCOC1=CCc2c1cccc2C(N)=NO.CCOC1=CCc2c1cccc2C(N)=NOC(=O)c1ccc(OC(C)C)c(C#N)c1.N#Cc1cccc2c1CCC2=O. The molecule has 0 aliphatic heterocycles. The molecular formula is C112H104N14O17. The second-order valence-corrected chi connectivity index (χ2v) is 33.3. The van der Waals surface area contributed by atoms with E-state index >= 15 is 0 Å². The van der Waals surface area contributed by atoms with Crippen LogP contribution in [0.4, 0.5) is 0 Å². The van der Waals surface area contributed by atoms with Crippen molar-refractivity contribution in [3.05, 3.63) is 329 Å². The molecule has 31 nitrogen and oxygen atoms in total. The van der Waals surface area contributed by atoms with E-state index < -0.39 is 11.9 Å². The summed E-state index contributed by atoms with van der Waals surface area (Å²) in [4.78, 5) is 60.3. The number of nitriles is 6. The molecular weight excluding hydrogens is 1810 g/mol. The minimum absolute atomic E-state index is 0.0154. The number of ether oxygens (including phenoxy) is 8. The lowest BCUT2D eigenvalue weighted by atomic mass is 10.0. The van der Waals surface area contributed by atoms with Crippen molar-refractivity contribution >= 4 is 58.2 Å². The van der Waals surface area contributed by atoms with E-state index in [9.17, 15) is 35.0 Å². The summed E-state index contributed by atoms with van der Waals surface area (Å²) in [5.74, 6) is 5.81. The fourth-order valence-electron chi connectivity index (χ4n) is 16.2. The summed E-state index contributed by atoms with van der Waals surface area (Å²) in [6.45, 7) is 25.4. The molecule has 0 bridgehead atoms. The topological polar surface area (TPSA) is 489 Å². The fraction of sp³-hybridized carbons (Fsp3) is 0.250. The number of ketones is 2. The summed E-state index contributed by atoms with van der Waals surface area (Å²) in [5, 5.41) is 87.1. The van der Waals surface area contributed by atoms with Crippen LogP contribution in [0.3, 0.4) is 0 Å². The van der Waals surface area contributed by atoms with Gasteiger partial charge in [-0.05, 0) is 264 Å². The summed E-state index contributed by atoms with van der Waals surface area (Å²) in [6.07, 6.45) is 13.4. The number of nitrogens with two attached hydrogens (primary N) is 2. The number of rotatable bonds is 25. The number of hydrogen-bond acceptors (Lipinski definition) is 28. The molecule has 0 atom stereocenters. The Morgan fingerprint density at radius 2 is 0.713 bits per heavy atom. The van der Waals surface area contributed by atoms with Gasteiger partial charge >= 0.3 is 11.9 Å². The fourth-order valence-corrected chi connectivity index (χ4v) is 16.2. The molecule has 0 unspecified atom stereocenters. The van der Waals surface area contributed by atoms with Crippen molar-refractivity contribution in [3.63, 3.8) is 0 Å². The smallest absolute Gasteiger partial charge is 0.365 e. The molecule has 724 valence electrons. The summed E-state index contributed by atoms with van der Waals surface area (Å²) in [7, 11) is 0. The molecule has 6 N–H and O–H groups in total. The number of allylic oxidation sites excluding steroid dienone is 4. The van der Waals surface area contributed by atoms with Crippen LogP contribution in [0.5, 0.6) is 23.0 Å². The Morgan fingerprint density at radius 3 is 1.13 bits per heavy atom. The van der Waals surface area contributed by atoms with Crippen molar-refractivity contribution in [1.82, 2.24) is 20.3 Å². The summed E-state index contributed by atoms with van der Waals surface area (Å²) < 4.78 is 55.5. The standard InChI is InChI=1S/C23H23N3O4.C23H21N3O3.C21H17N3O3.C12H14N2O2.C12H11NO.C11H11NO3.C10H7NO/c1-4-28-21-11-9-17-18(21)6-5-7-19(17)22(25)26-30-23(27)15-8-10-20(29-14(2)3)16(12-15)13-24;1-4-27-21-11-9-17-18(21)6-5-7-19(17)22-25-23(29-26-22)15-8-10-20(28-14(2)3)16(12-15)13-24;1-12(2)26-19-9-6-13(10-14(19)11-22)21-23-20(24-27-21)17-5-3-4-16-15(17)7-8-18(16)25;1-2-16-11-7-6-8-9(11)4-3-5-10(8)12(13)14-15;1-2-14-12-7-6-10-9(8-13)4-3-5-11(10)12;1-7(2)15-10-4-3-8(11(13)14)5-9(10)6-12;11-6-7-2-1-3-9-8(7)4-5-10(9)12/h5-8,10-12,14H,4,9H2,1-3H3,(H2,25,26);5-8,10-12,14H,4,9H2,1-3H3;3-6,9-10,12H,7-8H2,1-2H3;3-5,7,15H,2,6H2,1H3,(H2,13,14);3-5,7H,2,6H2,1H3;3-5,7H,1-2H3,(H,13,14);1-3H,4-5H2. The largest absolute Gasteiger partial charge is 0.494 e. The molecule has 6 aliphatic rings. The maximum atomic E-state index is 12.4. The summed E-state index contributed by atoms with van der Waals surface area (Å²) in [5.41, 5.74) is 31.0. The third-order valence-electron chi connectivity index (χ3n) is 22.4. The molecule has 10 aromatic carbocycles. The van der Waals surface area contributed by atoms with Gasteiger partial charge in [-0.25, -0.2) is 9.59 Å². The Labute approximate surface area is 827 Å². The van der Waals surface area contributed by atoms with Crippen LogP contribution >= 0.6 is 0 Å². The minimum Gasteiger partial charge on any atom is -0.494 e. The normalized spacial score (nSPS) is 12.7. The molecule has 2 aromatic heterocycles. The van der Waals surface area contributed by atoms with E-state index in [0.29, 0.717) is 132 Å². The second-order valence-electron chi connectivity index (χ2n) is 33.3. The van der Waals surface area contributed by atoms with Crippen molar-refractivity contribution in [3.8, 4) is 105 Å². The molecule has 0 amide bonds. The lowest BCUT2D eigenvalue weighted by Gasteiger charge is -2.11. The zero-order valence-electron chi connectivity index (χ0n) is 81.0. The third kappa shape index (κ3) is 25.4. The predicted molar refractivity (Wildman–Crippen MR) is 534 cm³/mol. The van der Waals surface area contributed by atoms with Gasteiger partial charge in [0.05, 0.1) is 107 Å². The monoisotopic (exact) mass is 1920 g/mol. The van der Waals surface area contributed by atoms with Gasteiger partial charge in [-0.15, -0.1) is 0 Å². The van der Waals surface area contributed by atoms with Gasteiger partial charge in [-0.2, -0.15) is 41.5 Å². The lowest BCUT2D eigenvalue weighted by Crippen LogP contribution is -2.17. The number of oxime groups is 2. The van der Waals surface area contributed by atoms with Gasteiger partial charge in [0.1, 0.15) is 70.3 Å². The van der Waals surface area contributed by atoms with Crippen LogP contribution in [-0.2, 0) is 62.3 Å². The number of hydrogen-bond donors (Lipinski definition) is 4. The average Bonchev–Trinajstić information content (AvgIpc) is 1.62. The molecule has 6 aliphatic carbocycles. The number of carboxylic acids is 1. The van der Waals surface area contributed by atoms with E-state index in [2.05, 4.69) is 60.9 Å². The van der Waals surface area contributed by atoms with Crippen LogP contribution in [0.15, 0.2) is 226 Å². The first-order valence-corrected chi connectivity index (χ1v) is 46.3. The Balaban J connectivity index is 0.000000153. The highest BCUT2D eigenvalue weighted by atomic mass is 16.7. The highest BCUT2D eigenvalue weighted by Gasteiger charge is 2.30. The molecule has 0 spiro atoms. The van der Waals surface area contributed by atoms with Crippen molar-refractivity contribution in [2.45, 2.75) is 159 Å². The van der Waals surface area contributed by atoms with E-state index in [1.54, 1.807) is 54.6 Å². The van der Waals surface area contributed by atoms with E-state index in [-0.39, 0.29) is 69.9 Å². The Bertz CT molecular complexity index is 7270. The molecule has 2 heterocycles. The van der Waals surface area contributed by atoms with Gasteiger partial charge in [0, 0.05) is 79.6 Å². The zero-order chi connectivity index (χ0) is 103. The average molecular weight is 1920 g/mol. The van der Waals surface area contributed by atoms with Gasteiger partial charge in [0.15, 0.2) is 23.2 Å². The molecule has 12 aromatic rings. The summed E-state index contributed by atoms with van der Waals surface area (Å²) in [6, 6.07) is 65.7. The summed E-state index contributed by atoms with van der Waals surface area (Å²) >= 11 is 0. The number of carboxylic acid groups (broad SMARTS) is 1. The molecule has 0 fully saturated rings. The quantitative estimate of drug-likeness (QED) is 0.0136. The van der Waals surface area contributed by atoms with Gasteiger partial charge in [0.25, 0.3) is 11.8 Å². The number of aromatic nitrogens is 4. The van der Waals surface area contributed by atoms with E-state index in [4.69, 9.17) is 89.3 Å². The number of carbonyl (C=O) groups is 4. The van der Waals surface area contributed by atoms with Gasteiger partial charge < -0.3 is 73.6 Å². The number of benzene rings is 10. The molecule has 18 rings (SSSR count). The first-order chi connectivity index (χ1) is 69.1. The number of amidine groups is 2. The third-order valence-corrected chi connectivity index (χ3v) is 22.4. The molecule has 0 saturated carbocycles. The minimum atomic E-state index is -1.05. The van der Waals surface area contributed by atoms with Crippen molar-refractivity contribution in [2.75, 3.05) is 26.4 Å². The van der Waals surface area contributed by atoms with Gasteiger partial charge in [-0.3, -0.25) is 9.59 Å². The van der Waals surface area contributed by atoms with Crippen molar-refractivity contribution < 1.29 is 81.3 Å². The first kappa shape index (κ1) is 104. The van der Waals surface area contributed by atoms with Crippen LogP contribution in [0.25, 0.3) is 68.7 Å². The maximum absolute atomic E-state index is 12.4. The van der Waals surface area contributed by atoms with Crippen LogP contribution in [0, 0.1) is 68.0 Å². The Morgan fingerprint density at radius 1 is 0.385 bits per heavy atom. The number of nitrogens with zero attached hydrogens (tertiary/aromatic N) is 12. The van der Waals surface area contributed by atoms with E-state index in [1.165, 1.54) is 30.3 Å². The molecule has 0 saturated heterocycles. The van der Waals surface area contributed by atoms with Crippen LogP contribution in [-0.4, -0.2) is 117 Å². The molecule has 0 radical (unpaired) electrons. The number of aromatic carboxylic acids is 1. The van der Waals surface area contributed by atoms with Gasteiger partial charge in [-0.1, -0.05) is 118 Å². The molecule has 31 heteroatoms. The lowest BCUT2D eigenvalue weighted by molar-refractivity contribution is 0.0515. The second kappa shape index (κ2) is 49.2. The highest BCUT2D eigenvalue weighted by Crippen LogP contribution is 2.40. The van der Waals surface area contributed by atoms with Crippen LogP contribution in [0.2, 0.25) is 0 Å². The first-order valence-electron chi connectivity index (χ1n) is 46.3. The number of fused-ring (bicyclic) bond motifs is 6. The number of Topliss-reactive ketones (excluding diaryl/α,β-unsaturated/α-hetero) is 2. The Hall–Kier alpha value is -18.2. The Kier molecular flexibility index (Phi) is 35.7. The molecule has 143 heavy (non-hydrogen) atoms. The van der Waals surface area contributed by atoms with Gasteiger partial charge in [0.2, 0.25) is 11.6 Å². The zero-order valence-corrected chi connectivity index (χ0v) is 81.0. The van der Waals surface area contributed by atoms with Crippen LogP contribution in [0.1, 0.15) is 238 Å². The maximum Gasteiger partial charge on any atom is 0.365 e. The van der Waals surface area contributed by atoms with Crippen molar-refractivity contribution in [1.29, 1.82) is 31.6 Å². The van der Waals surface area contributed by atoms with Crippen LogP contribution < -0.4 is 30.4 Å². The van der Waals surface area contributed by atoms with E-state index in [0.717, 1.165) is 138 Å². The highest BCUT2D eigenvalue weighted by molar-refractivity contribution is 6.04.